The lowest BCUT2D eigenvalue weighted by atomic mass is 10.1. The highest BCUT2D eigenvalue weighted by molar-refractivity contribution is 7.09. The Balaban J connectivity index is 0.000000604. The van der Waals surface area contributed by atoms with Crippen LogP contribution >= 0.6 is 22.9 Å². The minimum atomic E-state index is -5.08. The van der Waals surface area contributed by atoms with Crippen LogP contribution in [0.2, 0.25) is 5.02 Å². The van der Waals surface area contributed by atoms with E-state index in [2.05, 4.69) is 17.1 Å². The number of carbonyl (C=O) groups excluding carboxylic acids is 1. The monoisotopic (exact) mass is 556 g/mol. The van der Waals surface area contributed by atoms with Crippen molar-refractivity contribution in [3.8, 4) is 0 Å². The molecule has 0 atom stereocenters. The van der Waals surface area contributed by atoms with E-state index in [0.717, 1.165) is 19.4 Å². The largest absolute Gasteiger partial charge is 0.490 e. The average molecular weight is 557 g/mol. The van der Waals surface area contributed by atoms with Crippen molar-refractivity contribution in [2.24, 2.45) is 0 Å². The second-order valence-electron chi connectivity index (χ2n) is 7.66. The summed E-state index contributed by atoms with van der Waals surface area (Å²) in [6, 6.07) is 15.6. The van der Waals surface area contributed by atoms with Crippen molar-refractivity contribution in [1.29, 1.82) is 0 Å². The second-order valence-corrected chi connectivity index (χ2v) is 9.12. The van der Waals surface area contributed by atoms with Gasteiger partial charge in [-0.3, -0.25) is 4.79 Å². The van der Waals surface area contributed by atoms with Gasteiger partial charge in [0.05, 0.1) is 17.8 Å². The number of anilines is 2. The van der Waals surface area contributed by atoms with Crippen molar-refractivity contribution in [3.05, 3.63) is 81.0 Å². The van der Waals surface area contributed by atoms with E-state index in [1.807, 2.05) is 17.5 Å². The van der Waals surface area contributed by atoms with Crippen molar-refractivity contribution in [1.82, 2.24) is 0 Å². The number of benzene rings is 2. The summed E-state index contributed by atoms with van der Waals surface area (Å²) in [6.45, 7) is 3.51. The number of thiophene rings is 1. The van der Waals surface area contributed by atoms with Crippen LogP contribution in [-0.2, 0) is 11.3 Å². The molecule has 12 heteroatoms. The molecule has 1 aromatic heterocycles. The molecule has 3 aromatic rings. The zero-order valence-corrected chi connectivity index (χ0v) is 21.2. The van der Waals surface area contributed by atoms with Crippen molar-refractivity contribution >= 4 is 52.2 Å². The number of hydrogen-bond donors (Lipinski definition) is 3. The van der Waals surface area contributed by atoms with Gasteiger partial charge in [-0.15, -0.1) is 11.3 Å². The number of carboxylic acids is 2. The average Bonchev–Trinajstić information content (AvgIpc) is 3.35. The van der Waals surface area contributed by atoms with Gasteiger partial charge in [0.1, 0.15) is 0 Å². The first-order valence-corrected chi connectivity index (χ1v) is 12.2. The van der Waals surface area contributed by atoms with Gasteiger partial charge < -0.3 is 20.4 Å². The molecule has 0 unspecified atom stereocenters. The van der Waals surface area contributed by atoms with Crippen LogP contribution in [0.25, 0.3) is 0 Å². The van der Waals surface area contributed by atoms with Crippen LogP contribution in [0.1, 0.15) is 45.4 Å². The number of hydrogen-bond acceptors (Lipinski definition) is 5. The third-order valence-corrected chi connectivity index (χ3v) is 6.00. The normalized spacial score (nSPS) is 10.7. The van der Waals surface area contributed by atoms with Crippen molar-refractivity contribution in [2.75, 3.05) is 16.8 Å². The van der Waals surface area contributed by atoms with Crippen molar-refractivity contribution in [2.45, 2.75) is 32.5 Å². The highest BCUT2D eigenvalue weighted by atomic mass is 35.5. The molecule has 0 saturated carbocycles. The summed E-state index contributed by atoms with van der Waals surface area (Å²) in [5.41, 5.74) is 1.69. The molecule has 1 heterocycles. The van der Waals surface area contributed by atoms with E-state index >= 15 is 0 Å². The molecule has 198 valence electrons. The summed E-state index contributed by atoms with van der Waals surface area (Å²) < 4.78 is 31.7. The van der Waals surface area contributed by atoms with E-state index < -0.39 is 18.1 Å². The Morgan fingerprint density at radius 1 is 1.05 bits per heavy atom. The van der Waals surface area contributed by atoms with Gasteiger partial charge in [0.15, 0.2) is 0 Å². The lowest BCUT2D eigenvalue weighted by Gasteiger charge is -2.26. The lowest BCUT2D eigenvalue weighted by Crippen LogP contribution is -2.25. The molecule has 0 bridgehead atoms. The first-order valence-electron chi connectivity index (χ1n) is 10.9. The van der Waals surface area contributed by atoms with Gasteiger partial charge in [0.2, 0.25) is 0 Å². The van der Waals surface area contributed by atoms with Crippen LogP contribution in [0.4, 0.5) is 24.5 Å². The number of nitrogens with zero attached hydrogens (tertiary/aromatic N) is 1. The van der Waals surface area contributed by atoms with Crippen LogP contribution in [-0.4, -0.2) is 40.8 Å². The van der Waals surface area contributed by atoms with Crippen LogP contribution in [0.5, 0.6) is 0 Å². The number of aromatic carboxylic acids is 1. The maximum Gasteiger partial charge on any atom is 0.490 e. The zero-order chi connectivity index (χ0) is 27.6. The molecular formula is C25H24ClF3N2O5S. The van der Waals surface area contributed by atoms with E-state index in [-0.39, 0.29) is 11.5 Å². The molecule has 1 amide bonds. The third-order valence-electron chi connectivity index (χ3n) is 4.88. The smallest absolute Gasteiger partial charge is 0.478 e. The molecule has 0 saturated heterocycles. The number of nitrogens with one attached hydrogen (secondary N) is 1. The van der Waals surface area contributed by atoms with Gasteiger partial charge in [-0.1, -0.05) is 31.0 Å². The van der Waals surface area contributed by atoms with E-state index in [1.54, 1.807) is 47.7 Å². The number of unbranched alkanes of at least 4 members (excludes halogenated alkanes) is 1. The number of aliphatic carboxylic acids is 1. The van der Waals surface area contributed by atoms with E-state index in [0.29, 0.717) is 28.5 Å². The molecule has 0 aliphatic carbocycles. The number of amides is 1. The van der Waals surface area contributed by atoms with Crippen LogP contribution in [0, 0.1) is 0 Å². The van der Waals surface area contributed by atoms with Gasteiger partial charge in [-0.2, -0.15) is 13.2 Å². The van der Waals surface area contributed by atoms with Gasteiger partial charge in [0, 0.05) is 27.7 Å². The molecule has 7 nitrogen and oxygen atoms in total. The maximum atomic E-state index is 12.5. The molecule has 0 radical (unpaired) electrons. The summed E-state index contributed by atoms with van der Waals surface area (Å²) in [5, 5.41) is 22.3. The first kappa shape index (κ1) is 29.7. The molecule has 2 aromatic carbocycles. The van der Waals surface area contributed by atoms with Crippen molar-refractivity contribution in [3.63, 3.8) is 0 Å². The predicted octanol–water partition coefficient (Wildman–Crippen LogP) is 6.79. The molecule has 0 aliphatic rings. The summed E-state index contributed by atoms with van der Waals surface area (Å²) in [6.07, 6.45) is -3.11. The summed E-state index contributed by atoms with van der Waals surface area (Å²) in [5.74, 6) is -4.11. The zero-order valence-electron chi connectivity index (χ0n) is 19.6. The fourth-order valence-corrected chi connectivity index (χ4v) is 3.94. The minimum absolute atomic E-state index is 0.163. The van der Waals surface area contributed by atoms with Crippen LogP contribution in [0.3, 0.4) is 0 Å². The molecule has 0 fully saturated rings. The molecule has 37 heavy (non-hydrogen) atoms. The van der Waals surface area contributed by atoms with Gasteiger partial charge >= 0.3 is 18.1 Å². The number of carboxylic acid groups (broad SMARTS) is 2. The Morgan fingerprint density at radius 3 is 2.22 bits per heavy atom. The van der Waals surface area contributed by atoms with E-state index in [4.69, 9.17) is 21.5 Å². The molecule has 3 rings (SSSR count). The second kappa shape index (κ2) is 13.7. The lowest BCUT2D eigenvalue weighted by molar-refractivity contribution is -0.192. The molecule has 3 N–H and O–H groups in total. The van der Waals surface area contributed by atoms with Crippen LogP contribution in [0.15, 0.2) is 60.0 Å². The molecule has 0 spiro atoms. The summed E-state index contributed by atoms with van der Waals surface area (Å²) in [7, 11) is 0. The number of halogens is 4. The Hall–Kier alpha value is -3.57. The quantitative estimate of drug-likeness (QED) is 0.268. The number of carbonyl (C=O) groups is 3. The Labute approximate surface area is 220 Å². The Morgan fingerprint density at radius 2 is 1.70 bits per heavy atom. The Kier molecular flexibility index (Phi) is 10.9. The van der Waals surface area contributed by atoms with E-state index in [9.17, 15) is 27.9 Å². The highest BCUT2D eigenvalue weighted by Gasteiger charge is 2.38. The Bertz CT molecular complexity index is 1200. The fraction of sp³-hybridized carbons (Fsp3) is 0.240. The SMILES string of the molecule is CCCCN(Cc1cccs1)c1ccc(NC(=O)c2ccc(Cl)cc2)cc1C(=O)O.O=C(O)C(F)(F)F. The fourth-order valence-electron chi connectivity index (χ4n) is 3.09. The molecule has 0 aliphatic heterocycles. The first-order chi connectivity index (χ1) is 17.4. The predicted molar refractivity (Wildman–Crippen MR) is 137 cm³/mol. The third kappa shape index (κ3) is 9.43. The standard InChI is InChI=1S/C23H23ClN2O3S.C2HF3O2/c1-2-3-12-26(15-19-5-4-13-30-19)21-11-10-18(14-20(21)23(28)29)25-22(27)16-6-8-17(24)9-7-16;3-2(4,5)1(6)7/h4-11,13-14H,2-3,12,15H2,1H3,(H,25,27)(H,28,29);(H,6,7). The summed E-state index contributed by atoms with van der Waals surface area (Å²) >= 11 is 7.51. The minimum Gasteiger partial charge on any atom is -0.478 e. The van der Waals surface area contributed by atoms with Gasteiger partial charge in [-0.25, -0.2) is 9.59 Å². The highest BCUT2D eigenvalue weighted by Crippen LogP contribution is 2.28. The van der Waals surface area contributed by atoms with Crippen LogP contribution < -0.4 is 10.2 Å². The summed E-state index contributed by atoms with van der Waals surface area (Å²) in [4.78, 5) is 36.6. The topological polar surface area (TPSA) is 107 Å². The van der Waals surface area contributed by atoms with Crippen molar-refractivity contribution < 1.29 is 37.8 Å². The maximum absolute atomic E-state index is 12.5. The van der Waals surface area contributed by atoms with Gasteiger partial charge in [-0.05, 0) is 60.3 Å². The van der Waals surface area contributed by atoms with Gasteiger partial charge in [0.25, 0.3) is 5.91 Å². The molecular weight excluding hydrogens is 533 g/mol. The van der Waals surface area contributed by atoms with E-state index in [1.165, 1.54) is 10.9 Å². The number of rotatable bonds is 9. The number of alkyl halides is 3.